The Morgan fingerprint density at radius 1 is 1.67 bits per heavy atom. The minimum atomic E-state index is -1.04. The molecule has 0 amide bonds. The minimum absolute atomic E-state index is 0.298. The van der Waals surface area contributed by atoms with Crippen LogP contribution in [0.4, 0.5) is 4.79 Å². The van der Waals surface area contributed by atoms with E-state index in [1.165, 1.54) is 0 Å². The topological polar surface area (TPSA) is 55.8 Å². The number of carbonyl (C=O) groups is 1. The second-order valence-corrected chi connectivity index (χ2v) is 4.30. The predicted octanol–water partition coefficient (Wildman–Crippen LogP) is -2.76. The molecule has 0 aromatic carbocycles. The van der Waals surface area contributed by atoms with Crippen LogP contribution in [-0.4, -0.2) is 17.8 Å². The summed E-state index contributed by atoms with van der Waals surface area (Å²) in [6, 6.07) is 0. The first kappa shape index (κ1) is 7.79. The van der Waals surface area contributed by atoms with E-state index in [2.05, 4.69) is 9.47 Å². The molecule has 1 fully saturated rings. The van der Waals surface area contributed by atoms with E-state index < -0.39 is 27.8 Å². The summed E-state index contributed by atoms with van der Waals surface area (Å²) in [5.74, 6) is 0. The van der Waals surface area contributed by atoms with Crippen molar-refractivity contribution in [1.29, 1.82) is 0 Å². The van der Waals surface area contributed by atoms with E-state index in [0.29, 0.717) is 0 Å². The summed E-state index contributed by atoms with van der Waals surface area (Å²) in [6.45, 7) is 0. The first-order valence-electron chi connectivity index (χ1n) is 2.02. The number of hydrogen-bond acceptors (Lipinski definition) is 4. The maximum atomic E-state index is 10.3. The fourth-order valence-electron chi connectivity index (χ4n) is 0.383. The third-order valence-electron chi connectivity index (χ3n) is 0.720. The molecule has 9 heavy (non-hydrogen) atoms. The Labute approximate surface area is 75.8 Å². The van der Waals surface area contributed by atoms with Gasteiger partial charge in [-0.1, -0.05) is 0 Å². The van der Waals surface area contributed by atoms with Crippen LogP contribution in [0, 0.1) is 0 Å². The number of rotatable bonds is 1. The van der Waals surface area contributed by atoms with Crippen molar-refractivity contribution in [3.05, 3.63) is 0 Å². The van der Waals surface area contributed by atoms with E-state index in [1.807, 2.05) is 22.6 Å². The molecule has 0 aromatic heterocycles. The van der Waals surface area contributed by atoms with Gasteiger partial charge >= 0.3 is 76.3 Å². The second-order valence-electron chi connectivity index (χ2n) is 1.29. The molecule has 0 saturated carbocycles. The Balaban J connectivity index is 2.47. The van der Waals surface area contributed by atoms with Crippen molar-refractivity contribution < 1.29 is 39.3 Å². The Bertz CT molecular complexity index is 127. The predicted molar refractivity (Wildman–Crippen MR) is 31.4 cm³/mol. The van der Waals surface area contributed by atoms with Gasteiger partial charge in [-0.25, -0.2) is 0 Å². The van der Waals surface area contributed by atoms with Crippen molar-refractivity contribution in [2.75, 3.05) is 0 Å². The van der Waals surface area contributed by atoms with Crippen LogP contribution in [0.25, 0.3) is 0 Å². The van der Waals surface area contributed by atoms with Crippen LogP contribution in [-0.2, 0) is 9.47 Å². The van der Waals surface area contributed by atoms with Gasteiger partial charge in [0, 0.05) is 0 Å². The van der Waals surface area contributed by atoms with Gasteiger partial charge in [-0.3, -0.25) is 0 Å². The van der Waals surface area contributed by atoms with Crippen molar-refractivity contribution in [2.24, 2.45) is 0 Å². The fraction of sp³-hybridized carbons (Fsp3) is 0.667. The third kappa shape index (κ3) is 1.80. The molecule has 2 unspecified atom stereocenters. The average Bonchev–Trinajstić information content (AvgIpc) is 2.10. The first-order chi connectivity index (χ1) is 4.24. The van der Waals surface area contributed by atoms with Gasteiger partial charge in [-0.05, 0) is 0 Å². The molecule has 1 heterocycles. The number of hydrogen-bond donors (Lipinski definition) is 1. The van der Waals surface area contributed by atoms with E-state index in [9.17, 15) is 4.79 Å². The first-order valence-corrected chi connectivity index (χ1v) is 5.48. The summed E-state index contributed by atoms with van der Waals surface area (Å²) in [5, 5.41) is 0. The van der Waals surface area contributed by atoms with Crippen molar-refractivity contribution in [3.8, 4) is 0 Å². The maximum absolute atomic E-state index is 10.3. The van der Waals surface area contributed by atoms with E-state index >= 15 is 0 Å². The van der Waals surface area contributed by atoms with Crippen molar-refractivity contribution >= 4 is 28.7 Å². The van der Waals surface area contributed by atoms with Crippen molar-refractivity contribution in [2.45, 2.75) is 8.22 Å². The number of halogens is 2. The third-order valence-corrected chi connectivity index (χ3v) is 4.46. The molecule has 1 N–H and O–H groups in total. The van der Waals surface area contributed by atoms with Crippen LogP contribution < -0.4 is 21.6 Å². The molecule has 1 aliphatic heterocycles. The zero-order valence-electron chi connectivity index (χ0n) is 4.08. The SMILES string of the molecule is O=C1OC(I)C([I-]O)O1. The van der Waals surface area contributed by atoms with Gasteiger partial charge in [0.25, 0.3) is 0 Å². The zero-order valence-corrected chi connectivity index (χ0v) is 8.40. The van der Waals surface area contributed by atoms with Crippen LogP contribution in [0.5, 0.6) is 0 Å². The summed E-state index contributed by atoms with van der Waals surface area (Å²) in [7, 11) is 0. The standard InChI is InChI=1S/C3H3I2O4/c4-1-2(5-7)9-3(6)8-1/h1-2,7H/q-1. The van der Waals surface area contributed by atoms with E-state index in [4.69, 9.17) is 3.44 Å². The molecule has 54 valence electrons. The van der Waals surface area contributed by atoms with Crippen LogP contribution >= 0.6 is 22.6 Å². The molecule has 1 aliphatic rings. The molecule has 2 atom stereocenters. The second kappa shape index (κ2) is 3.19. The Kier molecular flexibility index (Phi) is 2.76. The fourth-order valence-corrected chi connectivity index (χ4v) is 2.27. The van der Waals surface area contributed by atoms with Crippen LogP contribution in [0.1, 0.15) is 0 Å². The molecular weight excluding hydrogens is 354 g/mol. The van der Waals surface area contributed by atoms with Crippen LogP contribution in [0.2, 0.25) is 0 Å². The summed E-state index contributed by atoms with van der Waals surface area (Å²) < 4.78 is 17.0. The summed E-state index contributed by atoms with van der Waals surface area (Å²) in [5.41, 5.74) is 0. The molecule has 0 radical (unpaired) electrons. The summed E-state index contributed by atoms with van der Waals surface area (Å²) >= 11 is 0.870. The van der Waals surface area contributed by atoms with E-state index in [1.54, 1.807) is 0 Å². The molecule has 0 aromatic rings. The molecule has 1 rings (SSSR count). The Morgan fingerprint density at radius 2 is 2.33 bits per heavy atom. The number of carbonyl (C=O) groups excluding carboxylic acids is 1. The molecule has 0 aliphatic carbocycles. The van der Waals surface area contributed by atoms with Crippen LogP contribution in [0.15, 0.2) is 0 Å². The molecule has 0 bridgehead atoms. The quantitative estimate of drug-likeness (QED) is 0.314. The summed E-state index contributed by atoms with van der Waals surface area (Å²) in [4.78, 5) is 10.3. The molecule has 1 saturated heterocycles. The van der Waals surface area contributed by atoms with Gasteiger partial charge in [0.15, 0.2) is 0 Å². The van der Waals surface area contributed by atoms with Crippen molar-refractivity contribution in [1.82, 2.24) is 0 Å². The molecule has 0 spiro atoms. The van der Waals surface area contributed by atoms with Crippen molar-refractivity contribution in [3.63, 3.8) is 0 Å². The Hall–Kier alpha value is 0.690. The molecule has 6 heteroatoms. The number of cyclic esters (lactones) is 2. The van der Waals surface area contributed by atoms with Gasteiger partial charge in [-0.2, -0.15) is 0 Å². The van der Waals surface area contributed by atoms with Gasteiger partial charge in [0.2, 0.25) is 0 Å². The van der Waals surface area contributed by atoms with Gasteiger partial charge in [0.1, 0.15) is 0 Å². The van der Waals surface area contributed by atoms with Gasteiger partial charge in [0.05, 0.1) is 0 Å². The number of ether oxygens (including phenoxy) is 2. The summed E-state index contributed by atoms with van der Waals surface area (Å²) in [6.07, 6.45) is -0.673. The van der Waals surface area contributed by atoms with E-state index in [-0.39, 0.29) is 8.22 Å². The molecular formula is C3H3I2O4-. The average molecular weight is 357 g/mol. The van der Waals surface area contributed by atoms with Crippen LogP contribution in [0.3, 0.4) is 0 Å². The normalized spacial score (nSPS) is 34.2. The Morgan fingerprint density at radius 3 is 2.56 bits per heavy atom. The van der Waals surface area contributed by atoms with Gasteiger partial charge in [-0.15, -0.1) is 0 Å². The zero-order chi connectivity index (χ0) is 6.85. The number of alkyl halides is 2. The van der Waals surface area contributed by atoms with E-state index in [0.717, 1.165) is 0 Å². The van der Waals surface area contributed by atoms with Gasteiger partial charge < -0.3 is 0 Å². The molecule has 4 nitrogen and oxygen atoms in total. The monoisotopic (exact) mass is 357 g/mol.